The maximum atomic E-state index is 11.8. The van der Waals surface area contributed by atoms with Crippen LogP contribution in [0.1, 0.15) is 44.5 Å². The number of rotatable bonds is 9. The van der Waals surface area contributed by atoms with Crippen LogP contribution in [0.15, 0.2) is 18.2 Å². The summed E-state index contributed by atoms with van der Waals surface area (Å²) in [5.74, 6) is 0.112. The fourth-order valence-electron chi connectivity index (χ4n) is 1.87. The van der Waals surface area contributed by atoms with E-state index in [0.29, 0.717) is 30.0 Å². The van der Waals surface area contributed by atoms with Gasteiger partial charge in [0.25, 0.3) is 0 Å². The monoisotopic (exact) mass is 322 g/mol. The number of ether oxygens (including phenoxy) is 1. The molecule has 0 heterocycles. The van der Waals surface area contributed by atoms with Gasteiger partial charge in [0.15, 0.2) is 5.78 Å². The molecule has 0 saturated heterocycles. The van der Waals surface area contributed by atoms with Crippen LogP contribution < -0.4 is 15.4 Å². The predicted octanol–water partition coefficient (Wildman–Crippen LogP) is 1.98. The number of ketones is 1. The molecule has 1 amide bonds. The van der Waals surface area contributed by atoms with Crippen LogP contribution in [0.25, 0.3) is 0 Å². The lowest BCUT2D eigenvalue weighted by Gasteiger charge is -2.16. The van der Waals surface area contributed by atoms with Crippen molar-refractivity contribution in [3.63, 3.8) is 0 Å². The lowest BCUT2D eigenvalue weighted by atomic mass is 10.1. The van der Waals surface area contributed by atoms with Crippen LogP contribution in [0, 0.1) is 0 Å². The summed E-state index contributed by atoms with van der Waals surface area (Å²) in [5, 5.41) is 15.7. The molecular formula is C17H26N2O4. The summed E-state index contributed by atoms with van der Waals surface area (Å²) in [6.45, 7) is 7.67. The van der Waals surface area contributed by atoms with Crippen molar-refractivity contribution in [3.8, 4) is 5.75 Å². The van der Waals surface area contributed by atoms with Gasteiger partial charge < -0.3 is 20.5 Å². The number of Topliss-reactive ketones (excluding diaryl/α,β-unsaturated/α-hetero) is 1. The van der Waals surface area contributed by atoms with Gasteiger partial charge in [-0.15, -0.1) is 0 Å². The number of amides is 1. The number of carbonyl (C=O) groups is 2. The molecule has 0 bridgehead atoms. The van der Waals surface area contributed by atoms with Gasteiger partial charge in [-0.2, -0.15) is 0 Å². The molecule has 0 spiro atoms. The third-order valence-electron chi connectivity index (χ3n) is 3.16. The van der Waals surface area contributed by atoms with Crippen LogP contribution in [0.3, 0.4) is 0 Å². The largest absolute Gasteiger partial charge is 0.490 e. The maximum Gasteiger partial charge on any atom is 0.224 e. The number of benzene rings is 1. The molecule has 1 unspecified atom stereocenters. The number of nitrogens with one attached hydrogen (secondary N) is 2. The van der Waals surface area contributed by atoms with Gasteiger partial charge in [0, 0.05) is 24.7 Å². The minimum Gasteiger partial charge on any atom is -0.490 e. The van der Waals surface area contributed by atoms with E-state index in [4.69, 9.17) is 4.74 Å². The highest BCUT2D eigenvalue weighted by molar-refractivity contribution is 5.99. The molecule has 6 heteroatoms. The van der Waals surface area contributed by atoms with Crippen molar-refractivity contribution < 1.29 is 19.4 Å². The van der Waals surface area contributed by atoms with E-state index in [9.17, 15) is 14.7 Å². The molecule has 0 aliphatic carbocycles. The minimum absolute atomic E-state index is 0.0840. The van der Waals surface area contributed by atoms with Crippen LogP contribution in [0.2, 0.25) is 0 Å². The molecule has 1 rings (SSSR count). The fraction of sp³-hybridized carbons (Fsp3) is 0.529. The van der Waals surface area contributed by atoms with Crippen LogP contribution in [-0.4, -0.2) is 42.1 Å². The Kier molecular flexibility index (Phi) is 7.71. The van der Waals surface area contributed by atoms with Crippen LogP contribution in [0.4, 0.5) is 5.69 Å². The van der Waals surface area contributed by atoms with Gasteiger partial charge in [0.2, 0.25) is 5.91 Å². The zero-order valence-corrected chi connectivity index (χ0v) is 14.2. The third kappa shape index (κ3) is 6.80. The van der Waals surface area contributed by atoms with E-state index in [1.165, 1.54) is 6.92 Å². The zero-order valence-electron chi connectivity index (χ0n) is 14.2. The topological polar surface area (TPSA) is 87.7 Å². The number of aliphatic hydroxyl groups is 1. The molecule has 1 atom stereocenters. The van der Waals surface area contributed by atoms with Crippen molar-refractivity contribution >= 4 is 17.4 Å². The quantitative estimate of drug-likeness (QED) is 0.605. The van der Waals surface area contributed by atoms with E-state index >= 15 is 0 Å². The van der Waals surface area contributed by atoms with Gasteiger partial charge in [-0.25, -0.2) is 0 Å². The Morgan fingerprint density at radius 3 is 2.57 bits per heavy atom. The van der Waals surface area contributed by atoms with Crippen molar-refractivity contribution in [2.75, 3.05) is 18.5 Å². The van der Waals surface area contributed by atoms with E-state index in [2.05, 4.69) is 10.6 Å². The summed E-state index contributed by atoms with van der Waals surface area (Å²) in [7, 11) is 0. The van der Waals surface area contributed by atoms with Crippen molar-refractivity contribution in [2.45, 2.75) is 46.3 Å². The summed E-state index contributed by atoms with van der Waals surface area (Å²) in [6, 6.07) is 5.17. The summed E-state index contributed by atoms with van der Waals surface area (Å²) < 4.78 is 5.56. The first-order valence-electron chi connectivity index (χ1n) is 7.82. The second kappa shape index (κ2) is 9.27. The van der Waals surface area contributed by atoms with Crippen molar-refractivity contribution in [2.24, 2.45) is 0 Å². The molecule has 23 heavy (non-hydrogen) atoms. The molecule has 128 valence electrons. The van der Waals surface area contributed by atoms with E-state index < -0.39 is 6.10 Å². The molecule has 0 fully saturated rings. The van der Waals surface area contributed by atoms with Crippen LogP contribution >= 0.6 is 0 Å². The molecular weight excluding hydrogens is 296 g/mol. The lowest BCUT2D eigenvalue weighted by molar-refractivity contribution is -0.115. The Morgan fingerprint density at radius 1 is 1.30 bits per heavy atom. The summed E-state index contributed by atoms with van der Waals surface area (Å²) >= 11 is 0. The van der Waals surface area contributed by atoms with Gasteiger partial charge in [0.05, 0.1) is 5.56 Å². The standard InChI is InChI=1S/C17H26N2O4/c1-5-17(22)19-13-6-7-16(15(8-13)12(4)20)23-10-14(21)9-18-11(2)3/h6-8,11,14,18,21H,5,9-10H2,1-4H3,(H,19,22). The number of aliphatic hydroxyl groups excluding tert-OH is 1. The highest BCUT2D eigenvalue weighted by Crippen LogP contribution is 2.24. The zero-order chi connectivity index (χ0) is 17.4. The van der Waals surface area contributed by atoms with Crippen molar-refractivity contribution in [3.05, 3.63) is 23.8 Å². The van der Waals surface area contributed by atoms with Gasteiger partial charge in [-0.3, -0.25) is 9.59 Å². The molecule has 1 aromatic carbocycles. The molecule has 3 N–H and O–H groups in total. The predicted molar refractivity (Wildman–Crippen MR) is 90.0 cm³/mol. The average Bonchev–Trinajstić information content (AvgIpc) is 2.51. The van der Waals surface area contributed by atoms with E-state index in [1.807, 2.05) is 13.8 Å². The lowest BCUT2D eigenvalue weighted by Crippen LogP contribution is -2.35. The van der Waals surface area contributed by atoms with Crippen molar-refractivity contribution in [1.82, 2.24) is 5.32 Å². The Labute approximate surface area is 137 Å². The second-order valence-electron chi connectivity index (χ2n) is 5.70. The molecule has 0 aliphatic heterocycles. The summed E-state index contributed by atoms with van der Waals surface area (Å²) in [6.07, 6.45) is -0.306. The molecule has 0 aliphatic rings. The first-order chi connectivity index (χ1) is 10.8. The molecule has 6 nitrogen and oxygen atoms in total. The molecule has 1 aromatic rings. The Hall–Kier alpha value is -1.92. The summed E-state index contributed by atoms with van der Waals surface area (Å²) in [4.78, 5) is 23.2. The van der Waals surface area contributed by atoms with E-state index in [1.54, 1.807) is 25.1 Å². The Bertz CT molecular complexity index is 543. The van der Waals surface area contributed by atoms with Gasteiger partial charge in [-0.05, 0) is 25.1 Å². The number of anilines is 1. The van der Waals surface area contributed by atoms with Crippen LogP contribution in [0.5, 0.6) is 5.75 Å². The Balaban J connectivity index is 2.74. The first-order valence-corrected chi connectivity index (χ1v) is 7.82. The van der Waals surface area contributed by atoms with Crippen molar-refractivity contribution in [1.29, 1.82) is 0 Å². The minimum atomic E-state index is -0.670. The highest BCUT2D eigenvalue weighted by atomic mass is 16.5. The van der Waals surface area contributed by atoms with Gasteiger partial charge >= 0.3 is 0 Å². The second-order valence-corrected chi connectivity index (χ2v) is 5.70. The fourth-order valence-corrected chi connectivity index (χ4v) is 1.87. The van der Waals surface area contributed by atoms with Crippen LogP contribution in [-0.2, 0) is 4.79 Å². The number of carbonyl (C=O) groups excluding carboxylic acids is 2. The highest BCUT2D eigenvalue weighted by Gasteiger charge is 2.13. The average molecular weight is 322 g/mol. The molecule has 0 aromatic heterocycles. The maximum absolute atomic E-state index is 11.8. The van der Waals surface area contributed by atoms with E-state index in [0.717, 1.165) is 0 Å². The Morgan fingerprint density at radius 2 is 2.00 bits per heavy atom. The molecule has 0 saturated carbocycles. The summed E-state index contributed by atoms with van der Waals surface area (Å²) in [5.41, 5.74) is 0.930. The third-order valence-corrected chi connectivity index (χ3v) is 3.16. The normalized spacial score (nSPS) is 12.1. The smallest absolute Gasteiger partial charge is 0.224 e. The molecule has 0 radical (unpaired) electrons. The number of hydrogen-bond donors (Lipinski definition) is 3. The van der Waals surface area contributed by atoms with E-state index in [-0.39, 0.29) is 24.3 Å². The van der Waals surface area contributed by atoms with Gasteiger partial charge in [-0.1, -0.05) is 20.8 Å². The first kappa shape index (κ1) is 19.1. The van der Waals surface area contributed by atoms with Gasteiger partial charge in [0.1, 0.15) is 18.5 Å². The SMILES string of the molecule is CCC(=O)Nc1ccc(OCC(O)CNC(C)C)c(C(C)=O)c1. The number of hydrogen-bond acceptors (Lipinski definition) is 5.